The zero-order valence-corrected chi connectivity index (χ0v) is 17.0. The lowest BCUT2D eigenvalue weighted by molar-refractivity contribution is 0.0953. The molecule has 2 amide bonds. The smallest absolute Gasteiger partial charge is 0.271 e. The molecule has 0 atom stereocenters. The summed E-state index contributed by atoms with van der Waals surface area (Å²) in [5, 5.41) is 35.7. The molecule has 0 spiro atoms. The van der Waals surface area contributed by atoms with E-state index in [-0.39, 0.29) is 11.5 Å². The van der Waals surface area contributed by atoms with E-state index in [1.54, 1.807) is 55.5 Å². The molecule has 0 fully saturated rings. The average molecular weight is 440 g/mol. The molecular formula is C22H18ClN3O5. The topological polar surface area (TPSA) is 131 Å². The van der Waals surface area contributed by atoms with Gasteiger partial charge >= 0.3 is 0 Å². The minimum absolute atomic E-state index is 0.0895. The van der Waals surface area contributed by atoms with Crippen LogP contribution in [0.25, 0.3) is 0 Å². The Labute approximate surface area is 182 Å². The maximum absolute atomic E-state index is 12.4. The van der Waals surface area contributed by atoms with E-state index in [0.29, 0.717) is 27.5 Å². The van der Waals surface area contributed by atoms with E-state index in [1.807, 2.05) is 0 Å². The summed E-state index contributed by atoms with van der Waals surface area (Å²) in [6.45, 7) is 1.66. The molecule has 3 aromatic carbocycles. The zero-order chi connectivity index (χ0) is 22.5. The van der Waals surface area contributed by atoms with Gasteiger partial charge in [0.25, 0.3) is 11.8 Å². The third-order valence-corrected chi connectivity index (χ3v) is 4.55. The van der Waals surface area contributed by atoms with Crippen LogP contribution in [-0.4, -0.2) is 32.8 Å². The number of hydrogen-bond acceptors (Lipinski definition) is 6. The van der Waals surface area contributed by atoms with Gasteiger partial charge in [-0.2, -0.15) is 5.10 Å². The molecule has 0 aromatic heterocycles. The van der Waals surface area contributed by atoms with Gasteiger partial charge in [0.05, 0.1) is 5.71 Å². The molecule has 0 saturated heterocycles. The molecule has 0 radical (unpaired) electrons. The number of rotatable bonds is 5. The molecule has 0 aliphatic heterocycles. The van der Waals surface area contributed by atoms with Crippen molar-refractivity contribution in [3.8, 4) is 17.2 Å². The summed E-state index contributed by atoms with van der Waals surface area (Å²) < 4.78 is 0. The van der Waals surface area contributed by atoms with Gasteiger partial charge in [-0.05, 0) is 61.0 Å². The maximum atomic E-state index is 12.4. The number of phenolic OH excluding ortho intramolecular Hbond substituents is 3. The average Bonchev–Trinajstić information content (AvgIpc) is 2.75. The Morgan fingerprint density at radius 3 is 2.13 bits per heavy atom. The van der Waals surface area contributed by atoms with E-state index >= 15 is 0 Å². The maximum Gasteiger partial charge on any atom is 0.271 e. The van der Waals surface area contributed by atoms with Crippen molar-refractivity contribution in [2.75, 3.05) is 5.32 Å². The van der Waals surface area contributed by atoms with Gasteiger partial charge < -0.3 is 20.6 Å². The molecule has 0 heterocycles. The highest BCUT2D eigenvalue weighted by Gasteiger charge is 2.13. The van der Waals surface area contributed by atoms with Crippen LogP contribution >= 0.6 is 11.6 Å². The van der Waals surface area contributed by atoms with Gasteiger partial charge in [0.15, 0.2) is 17.2 Å². The summed E-state index contributed by atoms with van der Waals surface area (Å²) in [4.78, 5) is 24.6. The molecule has 3 rings (SSSR count). The second-order valence-corrected chi connectivity index (χ2v) is 6.98. The van der Waals surface area contributed by atoms with Gasteiger partial charge in [-0.3, -0.25) is 9.59 Å². The number of halogens is 1. The van der Waals surface area contributed by atoms with Crippen molar-refractivity contribution in [2.24, 2.45) is 5.10 Å². The molecule has 9 heteroatoms. The Hall–Kier alpha value is -4.04. The minimum atomic E-state index is -0.714. The van der Waals surface area contributed by atoms with Gasteiger partial charge in [-0.15, -0.1) is 0 Å². The fraction of sp³-hybridized carbons (Fsp3) is 0.0455. The number of hydrazone groups is 1. The molecule has 31 heavy (non-hydrogen) atoms. The van der Waals surface area contributed by atoms with Crippen LogP contribution in [0.4, 0.5) is 5.69 Å². The van der Waals surface area contributed by atoms with Crippen LogP contribution in [0, 0.1) is 0 Å². The van der Waals surface area contributed by atoms with Crippen LogP contribution in [0.3, 0.4) is 0 Å². The van der Waals surface area contributed by atoms with Crippen LogP contribution < -0.4 is 10.7 Å². The lowest BCUT2D eigenvalue weighted by Gasteiger charge is -2.08. The molecule has 3 aromatic rings. The van der Waals surface area contributed by atoms with E-state index in [1.165, 1.54) is 0 Å². The van der Waals surface area contributed by atoms with Crippen molar-refractivity contribution in [3.63, 3.8) is 0 Å². The van der Waals surface area contributed by atoms with E-state index in [9.17, 15) is 24.9 Å². The first-order valence-electron chi connectivity index (χ1n) is 9.01. The van der Waals surface area contributed by atoms with E-state index in [2.05, 4.69) is 15.8 Å². The van der Waals surface area contributed by atoms with Crippen LogP contribution in [0.5, 0.6) is 17.2 Å². The number of amides is 2. The number of anilines is 1. The largest absolute Gasteiger partial charge is 0.504 e. The first kappa shape index (κ1) is 21.7. The fourth-order valence-corrected chi connectivity index (χ4v) is 2.75. The number of carbonyl (C=O) groups excluding carboxylic acids is 2. The SMILES string of the molecule is C/C(=N\NC(=O)c1cc(O)c(O)c(O)c1)c1cccc(NC(=O)c2ccc(Cl)cc2)c1. The highest BCUT2D eigenvalue weighted by atomic mass is 35.5. The lowest BCUT2D eigenvalue weighted by atomic mass is 10.1. The highest BCUT2D eigenvalue weighted by molar-refractivity contribution is 6.30. The number of nitrogens with zero attached hydrogens (tertiary/aromatic N) is 1. The second-order valence-electron chi connectivity index (χ2n) is 6.54. The number of phenols is 3. The fourth-order valence-electron chi connectivity index (χ4n) is 2.63. The molecule has 0 aliphatic carbocycles. The Kier molecular flexibility index (Phi) is 6.42. The molecule has 0 bridgehead atoms. The summed E-state index contributed by atoms with van der Waals surface area (Å²) in [6.07, 6.45) is 0. The number of nitrogens with one attached hydrogen (secondary N) is 2. The number of carbonyl (C=O) groups is 2. The lowest BCUT2D eigenvalue weighted by Crippen LogP contribution is -2.19. The summed E-state index contributed by atoms with van der Waals surface area (Å²) >= 11 is 5.83. The molecule has 0 saturated carbocycles. The highest BCUT2D eigenvalue weighted by Crippen LogP contribution is 2.35. The van der Waals surface area contributed by atoms with Gasteiger partial charge in [0.2, 0.25) is 0 Å². The molecule has 0 aliphatic rings. The number of aromatic hydroxyl groups is 3. The van der Waals surface area contributed by atoms with E-state index in [0.717, 1.165) is 12.1 Å². The molecule has 5 N–H and O–H groups in total. The first-order chi connectivity index (χ1) is 14.7. The molecular weight excluding hydrogens is 422 g/mol. The Morgan fingerprint density at radius 1 is 0.839 bits per heavy atom. The van der Waals surface area contributed by atoms with Crippen molar-refractivity contribution >= 4 is 34.8 Å². The summed E-state index contributed by atoms with van der Waals surface area (Å²) in [7, 11) is 0. The van der Waals surface area contributed by atoms with E-state index < -0.39 is 23.2 Å². The van der Waals surface area contributed by atoms with Crippen LogP contribution in [-0.2, 0) is 0 Å². The minimum Gasteiger partial charge on any atom is -0.504 e. The Bertz CT molecular complexity index is 1150. The molecule has 0 unspecified atom stereocenters. The third-order valence-electron chi connectivity index (χ3n) is 4.30. The van der Waals surface area contributed by atoms with Gasteiger partial charge in [-0.25, -0.2) is 5.43 Å². The summed E-state index contributed by atoms with van der Waals surface area (Å²) in [5.41, 5.74) is 4.30. The predicted octanol–water partition coefficient (Wildman–Crippen LogP) is 3.86. The second kappa shape index (κ2) is 9.19. The normalized spacial score (nSPS) is 11.1. The van der Waals surface area contributed by atoms with Crippen molar-refractivity contribution in [3.05, 3.63) is 82.4 Å². The van der Waals surface area contributed by atoms with Crippen molar-refractivity contribution < 1.29 is 24.9 Å². The number of benzene rings is 3. The Morgan fingerprint density at radius 2 is 1.48 bits per heavy atom. The monoisotopic (exact) mass is 439 g/mol. The Balaban J connectivity index is 1.71. The van der Waals surface area contributed by atoms with Crippen molar-refractivity contribution in [1.82, 2.24) is 5.43 Å². The van der Waals surface area contributed by atoms with Crippen molar-refractivity contribution in [1.29, 1.82) is 0 Å². The summed E-state index contributed by atoms with van der Waals surface area (Å²) in [6, 6.07) is 15.4. The van der Waals surface area contributed by atoms with Gasteiger partial charge in [0.1, 0.15) is 0 Å². The van der Waals surface area contributed by atoms with Gasteiger partial charge in [0, 0.05) is 21.8 Å². The van der Waals surface area contributed by atoms with Crippen molar-refractivity contribution in [2.45, 2.75) is 6.92 Å². The predicted molar refractivity (Wildman–Crippen MR) is 117 cm³/mol. The molecule has 158 valence electrons. The van der Waals surface area contributed by atoms with Crippen LogP contribution in [0.2, 0.25) is 5.02 Å². The van der Waals surface area contributed by atoms with Gasteiger partial charge in [-0.1, -0.05) is 23.7 Å². The quantitative estimate of drug-likeness (QED) is 0.234. The number of hydrogen-bond donors (Lipinski definition) is 5. The summed E-state index contributed by atoms with van der Waals surface area (Å²) in [5.74, 6) is -2.97. The zero-order valence-electron chi connectivity index (χ0n) is 16.3. The van der Waals surface area contributed by atoms with Crippen LogP contribution in [0.15, 0.2) is 65.8 Å². The van der Waals surface area contributed by atoms with Crippen LogP contribution in [0.1, 0.15) is 33.2 Å². The standard InChI is InChI=1S/C22H18ClN3O5/c1-12(25-26-22(31)15-10-18(27)20(29)19(28)11-15)14-3-2-4-17(9-14)24-21(30)13-5-7-16(23)8-6-13/h2-11,27-29H,1H3,(H,24,30)(H,26,31)/b25-12+. The first-order valence-corrected chi connectivity index (χ1v) is 9.39. The van der Waals surface area contributed by atoms with E-state index in [4.69, 9.17) is 11.6 Å². The molecule has 8 nitrogen and oxygen atoms in total. The third kappa shape index (κ3) is 5.31.